The Morgan fingerprint density at radius 1 is 1.02 bits per heavy atom. The first-order valence-electron chi connectivity index (χ1n) is 12.9. The number of anilines is 1. The lowest BCUT2D eigenvalue weighted by atomic mass is 9.84. The number of amides is 3. The first-order valence-corrected chi connectivity index (χ1v) is 13.2. The van der Waals surface area contributed by atoms with Gasteiger partial charge in [-0.15, -0.1) is 0 Å². The van der Waals surface area contributed by atoms with Gasteiger partial charge < -0.3 is 24.4 Å². The van der Waals surface area contributed by atoms with Crippen LogP contribution >= 0.6 is 11.6 Å². The van der Waals surface area contributed by atoms with Crippen molar-refractivity contribution >= 4 is 41.1 Å². The zero-order valence-corrected chi connectivity index (χ0v) is 22.1. The van der Waals surface area contributed by atoms with Crippen LogP contribution in [0.4, 0.5) is 5.69 Å². The fourth-order valence-corrected chi connectivity index (χ4v) is 6.45. The van der Waals surface area contributed by atoms with Crippen molar-refractivity contribution in [2.24, 2.45) is 11.8 Å². The van der Waals surface area contributed by atoms with Gasteiger partial charge in [0.2, 0.25) is 24.5 Å². The summed E-state index contributed by atoms with van der Waals surface area (Å²) >= 11 is 6.20. The van der Waals surface area contributed by atoms with Crippen molar-refractivity contribution in [3.05, 3.63) is 88.6 Å². The lowest BCUT2D eigenvalue weighted by molar-refractivity contribution is -0.143. The zero-order chi connectivity index (χ0) is 27.5. The molecule has 9 nitrogen and oxygen atoms in total. The summed E-state index contributed by atoms with van der Waals surface area (Å²) < 4.78 is 16.3. The number of hydrogen-bond donors (Lipinski definition) is 1. The number of nitrogens with one attached hydrogen (secondary N) is 1. The van der Waals surface area contributed by atoms with Crippen LogP contribution in [0.1, 0.15) is 22.7 Å². The molecule has 10 heteroatoms. The minimum absolute atomic E-state index is 0.0714. The summed E-state index contributed by atoms with van der Waals surface area (Å²) in [5.41, 5.74) is 2.98. The minimum atomic E-state index is -0.929. The largest absolute Gasteiger partial charge is 0.495 e. The molecular weight excluding hydrogens is 534 g/mol. The second-order valence-electron chi connectivity index (χ2n) is 10.1. The van der Waals surface area contributed by atoms with Crippen molar-refractivity contribution in [2.75, 3.05) is 19.2 Å². The SMILES string of the molecule is COc1ccc(Cl)cc1NC(=O)[C@@H]1[C@H]2C(=O)N(Cc3ccc4c(c3)OCO4)C(=O)[C@@H]2[C@H]2c3ccccc3C=CN12. The maximum absolute atomic E-state index is 14.0. The van der Waals surface area contributed by atoms with E-state index in [1.54, 1.807) is 30.3 Å². The number of likely N-dealkylation sites (tertiary alicyclic amines) is 1. The third kappa shape index (κ3) is 3.72. The van der Waals surface area contributed by atoms with E-state index in [0.717, 1.165) is 16.7 Å². The van der Waals surface area contributed by atoms with Crippen molar-refractivity contribution in [2.45, 2.75) is 18.6 Å². The van der Waals surface area contributed by atoms with Crippen molar-refractivity contribution in [1.82, 2.24) is 9.80 Å². The quantitative estimate of drug-likeness (QED) is 0.469. The number of rotatable bonds is 5. The fourth-order valence-electron chi connectivity index (χ4n) is 6.28. The van der Waals surface area contributed by atoms with Gasteiger partial charge in [0, 0.05) is 11.2 Å². The lowest BCUT2D eigenvalue weighted by Crippen LogP contribution is -2.46. The van der Waals surface area contributed by atoms with E-state index in [9.17, 15) is 14.4 Å². The summed E-state index contributed by atoms with van der Waals surface area (Å²) in [6.07, 6.45) is 3.72. The molecule has 7 rings (SSSR count). The molecule has 202 valence electrons. The molecule has 40 heavy (non-hydrogen) atoms. The lowest BCUT2D eigenvalue weighted by Gasteiger charge is -2.35. The Morgan fingerprint density at radius 3 is 2.67 bits per heavy atom. The maximum atomic E-state index is 14.0. The summed E-state index contributed by atoms with van der Waals surface area (Å²) in [6, 6.07) is 16.6. The molecule has 0 radical (unpaired) electrons. The Balaban J connectivity index is 1.26. The number of methoxy groups -OCH3 is 1. The predicted octanol–water partition coefficient (Wildman–Crippen LogP) is 4.23. The zero-order valence-electron chi connectivity index (χ0n) is 21.4. The third-order valence-corrected chi connectivity index (χ3v) is 8.25. The van der Waals surface area contributed by atoms with Gasteiger partial charge in [0.1, 0.15) is 11.8 Å². The van der Waals surface area contributed by atoms with E-state index in [2.05, 4.69) is 5.32 Å². The van der Waals surface area contributed by atoms with Crippen molar-refractivity contribution in [1.29, 1.82) is 0 Å². The van der Waals surface area contributed by atoms with E-state index in [0.29, 0.717) is 28.0 Å². The molecule has 3 aromatic rings. The molecular formula is C30H24ClN3O6. The molecule has 0 bridgehead atoms. The van der Waals surface area contributed by atoms with Crippen LogP contribution in [0.15, 0.2) is 66.9 Å². The van der Waals surface area contributed by atoms with Crippen molar-refractivity contribution < 1.29 is 28.6 Å². The van der Waals surface area contributed by atoms with Gasteiger partial charge >= 0.3 is 0 Å². The van der Waals surface area contributed by atoms with Crippen LogP contribution in [0.2, 0.25) is 5.02 Å². The van der Waals surface area contributed by atoms with Gasteiger partial charge in [-0.25, -0.2) is 0 Å². The Morgan fingerprint density at radius 2 is 1.82 bits per heavy atom. The third-order valence-electron chi connectivity index (χ3n) is 8.02. The van der Waals surface area contributed by atoms with E-state index in [-0.39, 0.29) is 25.2 Å². The monoisotopic (exact) mass is 557 g/mol. The molecule has 0 spiro atoms. The number of nitrogens with zero attached hydrogens (tertiary/aromatic N) is 2. The molecule has 4 heterocycles. The summed E-state index contributed by atoms with van der Waals surface area (Å²) in [6.45, 7) is 0.200. The standard InChI is InChI=1S/C30H24ClN3O6/c1-38-21-9-7-18(31)13-20(21)32-28(35)27-25-24(26-19-5-3-2-4-17(19)10-11-33(26)27)29(36)34(30(25)37)14-16-6-8-22-23(12-16)40-15-39-22/h2-13,24-27H,14-15H2,1H3,(H,32,35)/t24-,25-,26+,27-/m0/s1. The minimum Gasteiger partial charge on any atom is -0.495 e. The highest BCUT2D eigenvalue weighted by molar-refractivity contribution is 6.31. The van der Waals surface area contributed by atoms with Crippen LogP contribution in [0.5, 0.6) is 17.2 Å². The van der Waals surface area contributed by atoms with E-state index >= 15 is 0 Å². The summed E-state index contributed by atoms with van der Waals surface area (Å²) in [7, 11) is 1.50. The second-order valence-corrected chi connectivity index (χ2v) is 10.6. The first-order chi connectivity index (χ1) is 19.4. The smallest absolute Gasteiger partial charge is 0.248 e. The average molecular weight is 558 g/mol. The molecule has 3 aromatic carbocycles. The summed E-state index contributed by atoms with van der Waals surface area (Å²) in [5.74, 6) is -1.10. The van der Waals surface area contributed by atoms with E-state index in [1.807, 2.05) is 47.5 Å². The molecule has 1 N–H and O–H groups in total. The summed E-state index contributed by atoms with van der Waals surface area (Å²) in [4.78, 5) is 45.1. The molecule has 0 aliphatic carbocycles. The van der Waals surface area contributed by atoms with Gasteiger partial charge in [-0.1, -0.05) is 41.9 Å². The van der Waals surface area contributed by atoms with Gasteiger partial charge in [0.15, 0.2) is 11.5 Å². The Bertz CT molecular complexity index is 1610. The summed E-state index contributed by atoms with van der Waals surface area (Å²) in [5, 5.41) is 3.33. The van der Waals surface area contributed by atoms with Crippen molar-refractivity contribution in [3.63, 3.8) is 0 Å². The number of fused-ring (bicyclic) bond motifs is 6. The molecule has 2 fully saturated rings. The van der Waals surface area contributed by atoms with Gasteiger partial charge in [-0.05, 0) is 53.1 Å². The van der Waals surface area contributed by atoms with Crippen LogP contribution < -0.4 is 19.5 Å². The highest BCUT2D eigenvalue weighted by atomic mass is 35.5. The van der Waals surface area contributed by atoms with Gasteiger partial charge in [0.25, 0.3) is 0 Å². The number of ether oxygens (including phenoxy) is 3. The number of carbonyl (C=O) groups is 3. The van der Waals surface area contributed by atoms with Gasteiger partial charge in [-0.2, -0.15) is 0 Å². The number of carbonyl (C=O) groups excluding carboxylic acids is 3. The molecule has 2 saturated heterocycles. The average Bonchev–Trinajstić information content (AvgIpc) is 3.63. The van der Waals surface area contributed by atoms with Crippen LogP contribution in [0, 0.1) is 11.8 Å². The van der Waals surface area contributed by atoms with Crippen molar-refractivity contribution in [3.8, 4) is 17.2 Å². The van der Waals surface area contributed by atoms with Crippen LogP contribution in [0.25, 0.3) is 6.08 Å². The number of hydrogen-bond acceptors (Lipinski definition) is 7. The Kier molecular flexibility index (Phi) is 5.71. The number of halogens is 1. The van der Waals surface area contributed by atoms with Gasteiger partial charge in [-0.3, -0.25) is 19.3 Å². The second kappa shape index (κ2) is 9.31. The number of imide groups is 1. The normalized spacial score (nSPS) is 23.6. The molecule has 4 aliphatic rings. The fraction of sp³-hybridized carbons (Fsp3) is 0.233. The maximum Gasteiger partial charge on any atom is 0.248 e. The highest BCUT2D eigenvalue weighted by Gasteiger charge is 2.64. The van der Waals surface area contributed by atoms with E-state index in [4.69, 9.17) is 25.8 Å². The molecule has 4 aliphatic heterocycles. The molecule has 0 unspecified atom stereocenters. The van der Waals surface area contributed by atoms with Crippen LogP contribution in [-0.4, -0.2) is 47.5 Å². The molecule has 4 atom stereocenters. The van der Waals surface area contributed by atoms with Crippen LogP contribution in [0.3, 0.4) is 0 Å². The molecule has 0 aromatic heterocycles. The topological polar surface area (TPSA) is 97.4 Å². The van der Waals surface area contributed by atoms with E-state index in [1.165, 1.54) is 12.0 Å². The Labute approximate surface area is 234 Å². The van der Waals surface area contributed by atoms with Crippen LogP contribution in [-0.2, 0) is 20.9 Å². The molecule has 0 saturated carbocycles. The molecule has 3 amide bonds. The predicted molar refractivity (Wildman–Crippen MR) is 146 cm³/mol. The number of benzene rings is 3. The Hall–Kier alpha value is -4.50. The first kappa shape index (κ1) is 24.5. The van der Waals surface area contributed by atoms with E-state index < -0.39 is 29.8 Å². The highest BCUT2D eigenvalue weighted by Crippen LogP contribution is 2.53. The van der Waals surface area contributed by atoms with Gasteiger partial charge in [0.05, 0.1) is 37.2 Å².